The van der Waals surface area contributed by atoms with Crippen LogP contribution in [0.5, 0.6) is 0 Å². The highest BCUT2D eigenvalue weighted by molar-refractivity contribution is 7.80. The zero-order valence-corrected chi connectivity index (χ0v) is 20.2. The molecule has 1 aliphatic rings. The molecule has 2 N–H and O–H groups in total. The van der Waals surface area contributed by atoms with Crippen molar-refractivity contribution in [2.45, 2.75) is 32.5 Å². The van der Waals surface area contributed by atoms with Crippen molar-refractivity contribution in [2.24, 2.45) is 0 Å². The Balaban J connectivity index is 1.65. The Kier molecular flexibility index (Phi) is 6.05. The average molecular weight is 484 g/mol. The molecule has 4 heterocycles. The fraction of sp³-hybridized carbons (Fsp3) is 0.185. The van der Waals surface area contributed by atoms with Gasteiger partial charge in [0, 0.05) is 36.5 Å². The first kappa shape index (κ1) is 22.7. The highest BCUT2D eigenvalue weighted by Crippen LogP contribution is 2.42. The van der Waals surface area contributed by atoms with E-state index in [-0.39, 0.29) is 17.6 Å². The lowest BCUT2D eigenvalue weighted by atomic mass is 9.96. The highest BCUT2D eigenvalue weighted by Gasteiger charge is 2.41. The van der Waals surface area contributed by atoms with Crippen LogP contribution in [0.25, 0.3) is 5.69 Å². The van der Waals surface area contributed by atoms with Crippen LogP contribution in [0.15, 0.2) is 79.3 Å². The summed E-state index contributed by atoms with van der Waals surface area (Å²) in [7, 11) is 0. The van der Waals surface area contributed by atoms with Crippen LogP contribution < -0.4 is 5.32 Å². The molecule has 1 fully saturated rings. The van der Waals surface area contributed by atoms with E-state index in [9.17, 15) is 9.90 Å². The summed E-state index contributed by atoms with van der Waals surface area (Å²) in [5.74, 6) is -0.956. The summed E-state index contributed by atoms with van der Waals surface area (Å²) in [6, 6.07) is 18.7. The van der Waals surface area contributed by atoms with Gasteiger partial charge >= 0.3 is 5.97 Å². The van der Waals surface area contributed by atoms with Gasteiger partial charge in [-0.3, -0.25) is 9.97 Å². The number of carboxylic acids is 1. The molecule has 0 amide bonds. The third kappa shape index (κ3) is 4.17. The second-order valence-electron chi connectivity index (χ2n) is 8.60. The molecular weight excluding hydrogens is 458 g/mol. The molecule has 0 saturated carbocycles. The number of nitrogens with zero attached hydrogens (tertiary/aromatic N) is 4. The Morgan fingerprint density at radius 2 is 1.89 bits per heavy atom. The molecule has 1 aromatic carbocycles. The number of aromatic carboxylic acids is 1. The van der Waals surface area contributed by atoms with E-state index in [0.29, 0.717) is 17.3 Å². The van der Waals surface area contributed by atoms with E-state index >= 15 is 0 Å². The van der Waals surface area contributed by atoms with Crippen LogP contribution in [0.2, 0.25) is 0 Å². The molecule has 4 aromatic rings. The van der Waals surface area contributed by atoms with E-state index in [1.165, 1.54) is 0 Å². The van der Waals surface area contributed by atoms with Crippen molar-refractivity contribution in [3.8, 4) is 5.69 Å². The molecule has 0 aliphatic carbocycles. The van der Waals surface area contributed by atoms with Gasteiger partial charge < -0.3 is 19.9 Å². The molecule has 7 nitrogen and oxygen atoms in total. The number of nitrogens with one attached hydrogen (secondary N) is 1. The number of aryl methyl sites for hydroxylation is 1. The van der Waals surface area contributed by atoms with Crippen LogP contribution in [-0.2, 0) is 6.54 Å². The number of para-hydroxylation sites is 1. The average Bonchev–Trinajstić information content (AvgIpc) is 3.35. The van der Waals surface area contributed by atoms with Gasteiger partial charge in [-0.25, -0.2) is 4.79 Å². The molecule has 2 atom stereocenters. The van der Waals surface area contributed by atoms with Crippen molar-refractivity contribution in [1.29, 1.82) is 0 Å². The Hall–Kier alpha value is -4.04. The number of carboxylic acid groups (broad SMARTS) is 1. The summed E-state index contributed by atoms with van der Waals surface area (Å²) in [5, 5.41) is 13.9. The maximum Gasteiger partial charge on any atom is 0.337 e. The Morgan fingerprint density at radius 3 is 2.60 bits per heavy atom. The van der Waals surface area contributed by atoms with Crippen LogP contribution in [0, 0.1) is 13.8 Å². The van der Waals surface area contributed by atoms with Crippen molar-refractivity contribution < 1.29 is 9.90 Å². The Labute approximate surface area is 209 Å². The van der Waals surface area contributed by atoms with E-state index in [1.54, 1.807) is 24.5 Å². The number of benzene rings is 1. The number of pyridine rings is 2. The van der Waals surface area contributed by atoms with E-state index in [4.69, 9.17) is 12.2 Å². The third-order valence-corrected chi connectivity index (χ3v) is 6.79. The summed E-state index contributed by atoms with van der Waals surface area (Å²) in [4.78, 5) is 23.0. The van der Waals surface area contributed by atoms with Gasteiger partial charge in [-0.1, -0.05) is 24.3 Å². The predicted octanol–water partition coefficient (Wildman–Crippen LogP) is 4.76. The maximum atomic E-state index is 12.0. The van der Waals surface area contributed by atoms with E-state index in [1.807, 2.05) is 67.1 Å². The molecule has 3 aromatic heterocycles. The minimum atomic E-state index is -0.956. The topological polar surface area (TPSA) is 83.3 Å². The van der Waals surface area contributed by atoms with Gasteiger partial charge in [0.05, 0.1) is 29.0 Å². The standard InChI is InChI=1S/C27H25N5O2S/c1-17-14-21(18(2)32(17)23-11-4-3-9-20(23)26(33)34)25-24(22-10-5-6-13-29-22)30-27(35)31(25)16-19-8-7-12-28-15-19/h3-15,24-25H,16H2,1-2H3,(H,30,35)(H,33,34)/t24-,25+/m1/s1. The molecule has 176 valence electrons. The normalized spacial score (nSPS) is 17.4. The first-order valence-corrected chi connectivity index (χ1v) is 11.7. The van der Waals surface area contributed by atoms with E-state index in [0.717, 1.165) is 28.2 Å². The molecule has 1 saturated heterocycles. The molecule has 5 rings (SSSR count). The van der Waals surface area contributed by atoms with Gasteiger partial charge in [0.1, 0.15) is 0 Å². The third-order valence-electron chi connectivity index (χ3n) is 6.44. The Morgan fingerprint density at radius 1 is 1.09 bits per heavy atom. The summed E-state index contributed by atoms with van der Waals surface area (Å²) in [6.45, 7) is 4.61. The lowest BCUT2D eigenvalue weighted by molar-refractivity contribution is 0.0697. The van der Waals surface area contributed by atoms with E-state index < -0.39 is 5.97 Å². The van der Waals surface area contributed by atoms with Crippen LogP contribution >= 0.6 is 12.2 Å². The predicted molar refractivity (Wildman–Crippen MR) is 137 cm³/mol. The van der Waals surface area contributed by atoms with Crippen LogP contribution in [0.3, 0.4) is 0 Å². The van der Waals surface area contributed by atoms with Gasteiger partial charge in [-0.05, 0) is 73.6 Å². The fourth-order valence-corrected chi connectivity index (χ4v) is 5.22. The monoisotopic (exact) mass is 483 g/mol. The molecule has 1 aliphatic heterocycles. The van der Waals surface area contributed by atoms with Gasteiger partial charge in [0.25, 0.3) is 0 Å². The SMILES string of the molecule is Cc1cc([C@H]2[C@@H](c3ccccn3)NC(=S)N2Cc2cccnc2)c(C)n1-c1ccccc1C(=O)O. The van der Waals surface area contributed by atoms with Gasteiger partial charge in [0.15, 0.2) is 5.11 Å². The van der Waals surface area contributed by atoms with Gasteiger partial charge in [-0.15, -0.1) is 0 Å². The maximum absolute atomic E-state index is 12.0. The minimum absolute atomic E-state index is 0.144. The number of aromatic nitrogens is 3. The molecule has 35 heavy (non-hydrogen) atoms. The van der Waals surface area contributed by atoms with Crippen molar-refractivity contribution in [3.63, 3.8) is 0 Å². The van der Waals surface area contributed by atoms with Crippen molar-refractivity contribution in [1.82, 2.24) is 24.8 Å². The molecule has 0 bridgehead atoms. The second-order valence-corrected chi connectivity index (χ2v) is 8.99. The van der Waals surface area contributed by atoms with Crippen LogP contribution in [0.4, 0.5) is 0 Å². The Bertz CT molecular complexity index is 1390. The zero-order chi connectivity index (χ0) is 24.5. The lowest BCUT2D eigenvalue weighted by Crippen LogP contribution is -2.29. The molecular formula is C27H25N5O2S. The minimum Gasteiger partial charge on any atom is -0.478 e. The van der Waals surface area contributed by atoms with Crippen molar-refractivity contribution >= 4 is 23.3 Å². The quantitative estimate of drug-likeness (QED) is 0.383. The lowest BCUT2D eigenvalue weighted by Gasteiger charge is -2.28. The largest absolute Gasteiger partial charge is 0.478 e. The van der Waals surface area contributed by atoms with Crippen LogP contribution in [0.1, 0.15) is 50.7 Å². The van der Waals surface area contributed by atoms with Gasteiger partial charge in [-0.2, -0.15) is 0 Å². The molecule has 0 spiro atoms. The van der Waals surface area contributed by atoms with E-state index in [2.05, 4.69) is 26.3 Å². The summed E-state index contributed by atoms with van der Waals surface area (Å²) in [5.41, 5.74) is 5.82. The second kappa shape index (κ2) is 9.31. The summed E-state index contributed by atoms with van der Waals surface area (Å²) < 4.78 is 2.01. The molecule has 0 unspecified atom stereocenters. The number of carbonyl (C=O) groups is 1. The number of hydrogen-bond acceptors (Lipinski definition) is 4. The smallest absolute Gasteiger partial charge is 0.337 e. The highest BCUT2D eigenvalue weighted by atomic mass is 32.1. The first-order chi connectivity index (χ1) is 17.0. The summed E-state index contributed by atoms with van der Waals surface area (Å²) in [6.07, 6.45) is 5.39. The van der Waals surface area contributed by atoms with Crippen molar-refractivity contribution in [2.75, 3.05) is 0 Å². The fourth-order valence-electron chi connectivity index (χ4n) is 4.91. The summed E-state index contributed by atoms with van der Waals surface area (Å²) >= 11 is 5.81. The first-order valence-electron chi connectivity index (χ1n) is 11.3. The zero-order valence-electron chi connectivity index (χ0n) is 19.4. The van der Waals surface area contributed by atoms with Crippen molar-refractivity contribution in [3.05, 3.63) is 113 Å². The number of hydrogen-bond donors (Lipinski definition) is 2. The van der Waals surface area contributed by atoms with Crippen LogP contribution in [-0.4, -0.2) is 35.6 Å². The van der Waals surface area contributed by atoms with Gasteiger partial charge in [0.2, 0.25) is 0 Å². The molecule has 0 radical (unpaired) electrons. The number of rotatable bonds is 6. The molecule has 8 heteroatoms. The number of thiocarbonyl (C=S) groups is 1.